The number of aromatic nitrogens is 5. The van der Waals surface area contributed by atoms with E-state index in [2.05, 4.69) is 20.8 Å². The number of nitrogens with one attached hydrogen (secondary N) is 1. The lowest BCUT2D eigenvalue weighted by atomic mass is 10.2. The summed E-state index contributed by atoms with van der Waals surface area (Å²) < 4.78 is 7.88. The van der Waals surface area contributed by atoms with Crippen molar-refractivity contribution in [3.8, 4) is 5.69 Å². The number of nitrogens with zero attached hydrogens (tertiary/aromatic N) is 5. The SMILES string of the molecule is O=C(Cn1c(=O)oc2ccccc21)Nc1cccc(-n2cnnn2)c1. The van der Waals surface area contributed by atoms with Crippen molar-refractivity contribution in [2.75, 3.05) is 5.32 Å². The fourth-order valence-electron chi connectivity index (χ4n) is 2.51. The molecule has 0 saturated heterocycles. The van der Waals surface area contributed by atoms with Gasteiger partial charge in [-0.1, -0.05) is 18.2 Å². The number of amides is 1. The number of oxazole rings is 1. The third-order valence-corrected chi connectivity index (χ3v) is 3.62. The molecule has 4 aromatic rings. The van der Waals surface area contributed by atoms with Crippen LogP contribution in [0.1, 0.15) is 0 Å². The van der Waals surface area contributed by atoms with Crippen LogP contribution in [0.25, 0.3) is 16.8 Å². The van der Waals surface area contributed by atoms with Gasteiger partial charge < -0.3 is 9.73 Å². The number of carbonyl (C=O) groups is 1. The van der Waals surface area contributed by atoms with Gasteiger partial charge in [0.1, 0.15) is 12.9 Å². The summed E-state index contributed by atoms with van der Waals surface area (Å²) in [6.45, 7) is -0.148. The molecular formula is C16H12N6O3. The first-order valence-corrected chi connectivity index (χ1v) is 7.42. The van der Waals surface area contributed by atoms with Gasteiger partial charge in [-0.3, -0.25) is 9.36 Å². The Morgan fingerprint density at radius 1 is 1.16 bits per heavy atom. The maximum atomic E-state index is 12.3. The normalized spacial score (nSPS) is 10.9. The molecule has 0 spiro atoms. The van der Waals surface area contributed by atoms with Gasteiger partial charge in [-0.15, -0.1) is 5.10 Å². The van der Waals surface area contributed by atoms with Gasteiger partial charge in [0, 0.05) is 5.69 Å². The summed E-state index contributed by atoms with van der Waals surface area (Å²) in [5.41, 5.74) is 2.29. The Morgan fingerprint density at radius 3 is 2.88 bits per heavy atom. The van der Waals surface area contributed by atoms with E-state index in [9.17, 15) is 9.59 Å². The number of fused-ring (bicyclic) bond motifs is 1. The second-order valence-corrected chi connectivity index (χ2v) is 5.27. The molecule has 25 heavy (non-hydrogen) atoms. The van der Waals surface area contributed by atoms with Crippen LogP contribution in [0.4, 0.5) is 5.69 Å². The molecule has 0 aliphatic heterocycles. The third-order valence-electron chi connectivity index (χ3n) is 3.62. The molecule has 2 aromatic carbocycles. The van der Waals surface area contributed by atoms with E-state index in [0.29, 0.717) is 22.5 Å². The van der Waals surface area contributed by atoms with E-state index in [1.54, 1.807) is 48.5 Å². The molecule has 1 N–H and O–H groups in total. The monoisotopic (exact) mass is 336 g/mol. The van der Waals surface area contributed by atoms with Crippen LogP contribution in [0.3, 0.4) is 0 Å². The average molecular weight is 336 g/mol. The van der Waals surface area contributed by atoms with E-state index in [1.165, 1.54) is 15.6 Å². The van der Waals surface area contributed by atoms with Gasteiger partial charge in [0.25, 0.3) is 0 Å². The highest BCUT2D eigenvalue weighted by Crippen LogP contribution is 2.14. The van der Waals surface area contributed by atoms with Crippen LogP contribution in [0, 0.1) is 0 Å². The number of carbonyl (C=O) groups excluding carboxylic acids is 1. The molecule has 2 heterocycles. The van der Waals surface area contributed by atoms with E-state index < -0.39 is 5.76 Å². The maximum absolute atomic E-state index is 12.3. The van der Waals surface area contributed by atoms with Crippen LogP contribution in [0.5, 0.6) is 0 Å². The molecule has 0 aliphatic rings. The lowest BCUT2D eigenvalue weighted by molar-refractivity contribution is -0.116. The molecule has 0 bridgehead atoms. The standard InChI is InChI=1S/C16H12N6O3/c23-15(9-21-13-6-1-2-7-14(13)25-16(21)24)18-11-4-3-5-12(8-11)22-10-17-19-20-22/h1-8,10H,9H2,(H,18,23). The van der Waals surface area contributed by atoms with E-state index in [4.69, 9.17) is 4.42 Å². The summed E-state index contributed by atoms with van der Waals surface area (Å²) in [5, 5.41) is 13.7. The minimum atomic E-state index is -0.571. The van der Waals surface area contributed by atoms with Crippen LogP contribution in [-0.2, 0) is 11.3 Å². The zero-order chi connectivity index (χ0) is 17.2. The highest BCUT2D eigenvalue weighted by molar-refractivity contribution is 5.91. The smallest absolute Gasteiger partial charge is 0.408 e. The first-order valence-electron chi connectivity index (χ1n) is 7.42. The molecule has 124 valence electrons. The number of benzene rings is 2. The van der Waals surface area contributed by atoms with Gasteiger partial charge in [-0.05, 0) is 40.8 Å². The van der Waals surface area contributed by atoms with Crippen molar-refractivity contribution in [1.29, 1.82) is 0 Å². The van der Waals surface area contributed by atoms with Crippen LogP contribution in [-0.4, -0.2) is 30.7 Å². The fourth-order valence-corrected chi connectivity index (χ4v) is 2.51. The zero-order valence-electron chi connectivity index (χ0n) is 12.9. The highest BCUT2D eigenvalue weighted by atomic mass is 16.4. The van der Waals surface area contributed by atoms with Crippen molar-refractivity contribution in [3.05, 3.63) is 65.4 Å². The molecule has 0 saturated carbocycles. The molecule has 9 nitrogen and oxygen atoms in total. The predicted octanol–water partition coefficient (Wildman–Crippen LogP) is 1.21. The first kappa shape index (κ1) is 14.8. The van der Waals surface area contributed by atoms with Gasteiger partial charge in [0.05, 0.1) is 11.2 Å². The predicted molar refractivity (Wildman–Crippen MR) is 88.3 cm³/mol. The molecule has 0 fully saturated rings. The van der Waals surface area contributed by atoms with Crippen molar-refractivity contribution < 1.29 is 9.21 Å². The van der Waals surface area contributed by atoms with Crippen LogP contribution in [0.15, 0.2) is 64.1 Å². The van der Waals surface area contributed by atoms with Gasteiger partial charge in [0.2, 0.25) is 5.91 Å². The van der Waals surface area contributed by atoms with Gasteiger partial charge in [-0.2, -0.15) is 0 Å². The van der Waals surface area contributed by atoms with E-state index in [1.807, 2.05) is 0 Å². The summed E-state index contributed by atoms with van der Waals surface area (Å²) in [6.07, 6.45) is 1.46. The summed E-state index contributed by atoms with van der Waals surface area (Å²) in [7, 11) is 0. The third kappa shape index (κ3) is 2.90. The lowest BCUT2D eigenvalue weighted by Crippen LogP contribution is -2.24. The second-order valence-electron chi connectivity index (χ2n) is 5.27. The van der Waals surface area contributed by atoms with Gasteiger partial charge in [0.15, 0.2) is 5.58 Å². The molecular weight excluding hydrogens is 324 g/mol. The highest BCUT2D eigenvalue weighted by Gasteiger charge is 2.12. The van der Waals surface area contributed by atoms with E-state index >= 15 is 0 Å². The molecule has 0 unspecified atom stereocenters. The summed E-state index contributed by atoms with van der Waals surface area (Å²) in [5.74, 6) is -0.915. The first-order chi connectivity index (χ1) is 12.2. The number of para-hydroxylation sites is 2. The van der Waals surface area contributed by atoms with E-state index in [0.717, 1.165) is 0 Å². The van der Waals surface area contributed by atoms with Crippen molar-refractivity contribution >= 4 is 22.7 Å². The van der Waals surface area contributed by atoms with Crippen LogP contribution < -0.4 is 11.1 Å². The average Bonchev–Trinajstić information content (AvgIpc) is 3.24. The van der Waals surface area contributed by atoms with Crippen LogP contribution >= 0.6 is 0 Å². The Labute approximate surface area is 140 Å². The summed E-state index contributed by atoms with van der Waals surface area (Å²) in [6, 6.07) is 14.0. The largest absolute Gasteiger partial charge is 0.420 e. The van der Waals surface area contributed by atoms with Crippen molar-refractivity contribution in [3.63, 3.8) is 0 Å². The Hall–Kier alpha value is -3.75. The fraction of sp³-hybridized carbons (Fsp3) is 0.0625. The molecule has 9 heteroatoms. The Balaban J connectivity index is 1.55. The number of rotatable bonds is 4. The van der Waals surface area contributed by atoms with Gasteiger partial charge >= 0.3 is 5.76 Å². The minimum absolute atomic E-state index is 0.148. The maximum Gasteiger partial charge on any atom is 0.420 e. The van der Waals surface area contributed by atoms with Gasteiger partial charge in [-0.25, -0.2) is 9.48 Å². The lowest BCUT2D eigenvalue weighted by Gasteiger charge is -2.07. The number of hydrogen-bond acceptors (Lipinski definition) is 6. The topological polar surface area (TPSA) is 108 Å². The molecule has 2 aromatic heterocycles. The second kappa shape index (κ2) is 6.04. The zero-order valence-corrected chi connectivity index (χ0v) is 12.9. The molecule has 4 rings (SSSR count). The Bertz CT molecular complexity index is 1100. The molecule has 0 radical (unpaired) electrons. The van der Waals surface area contributed by atoms with Crippen molar-refractivity contribution in [2.45, 2.75) is 6.54 Å². The number of hydrogen-bond donors (Lipinski definition) is 1. The molecule has 0 aliphatic carbocycles. The summed E-state index contributed by atoms with van der Waals surface area (Å²) >= 11 is 0. The Morgan fingerprint density at radius 2 is 2.04 bits per heavy atom. The van der Waals surface area contributed by atoms with Crippen molar-refractivity contribution in [1.82, 2.24) is 24.8 Å². The van der Waals surface area contributed by atoms with E-state index in [-0.39, 0.29) is 12.5 Å². The summed E-state index contributed by atoms with van der Waals surface area (Å²) in [4.78, 5) is 24.2. The molecule has 1 amide bonds. The van der Waals surface area contributed by atoms with Crippen molar-refractivity contribution in [2.24, 2.45) is 0 Å². The van der Waals surface area contributed by atoms with Crippen LogP contribution in [0.2, 0.25) is 0 Å². The minimum Gasteiger partial charge on any atom is -0.408 e. The number of anilines is 1. The Kier molecular flexibility index (Phi) is 3.58. The quantitative estimate of drug-likeness (QED) is 0.600. The number of tetrazole rings is 1. The molecule has 0 atom stereocenters.